The second-order valence-corrected chi connectivity index (χ2v) is 26.9. The van der Waals surface area contributed by atoms with Crippen molar-refractivity contribution in [2.45, 2.75) is 52.4 Å². The molecule has 10 aromatic carbocycles. The first-order valence-electron chi connectivity index (χ1n) is 27.7. The summed E-state index contributed by atoms with van der Waals surface area (Å²) in [6.45, 7) is 15.8. The van der Waals surface area contributed by atoms with Gasteiger partial charge in [0.25, 0.3) is 0 Å². The topological polar surface area (TPSA) is 33.5 Å². The van der Waals surface area contributed by atoms with E-state index in [-0.39, 0.29) is 31.9 Å². The monoisotopic (exact) mass is 1240 g/mol. The quantitative estimate of drug-likeness (QED) is 0.107. The summed E-state index contributed by atoms with van der Waals surface area (Å²) < 4.78 is 9.29. The van der Waals surface area contributed by atoms with Crippen molar-refractivity contribution in [3.63, 3.8) is 0 Å². The Morgan fingerprint density at radius 3 is 1.74 bits per heavy atom. The molecule has 2 aliphatic heterocycles. The molecule has 0 saturated carbocycles. The van der Waals surface area contributed by atoms with Crippen LogP contribution in [0.2, 0.25) is 0 Å². The van der Waals surface area contributed by atoms with Crippen molar-refractivity contribution in [2.75, 3.05) is 9.80 Å². The van der Waals surface area contributed by atoms with Gasteiger partial charge in [-0.25, -0.2) is 4.98 Å². The minimum Gasteiger partial charge on any atom is -0.509 e. The van der Waals surface area contributed by atoms with Crippen LogP contribution >= 0.6 is 0 Å². The molecular formula is C74H59N4OPtSi-3. The molecule has 2 aliphatic rings. The SMILES string of the molecule is CC(C)(C)c1ccc(-c2cccc(-c3ccccc3)c2N2[CH-]N(c3[c-]c(Oc4[c-]c5c(cc4)c4c6c(ccc4n5-c4cc(C(C)(C)C)ccn4)-c4ccccc4[Si]6(c4ccccc4)c4ccccc4)ccc3)c3ccccc32)cc1.[Pt]. The molecule has 81 heavy (non-hydrogen) atoms. The van der Waals surface area contributed by atoms with Gasteiger partial charge in [0, 0.05) is 72.5 Å². The van der Waals surface area contributed by atoms with E-state index in [9.17, 15) is 0 Å². The molecule has 0 bridgehead atoms. The second-order valence-electron chi connectivity index (χ2n) is 23.2. The van der Waals surface area contributed by atoms with E-state index < -0.39 is 8.07 Å². The number of ether oxygens (including phenoxy) is 1. The van der Waals surface area contributed by atoms with Gasteiger partial charge in [0.15, 0.2) is 8.07 Å². The zero-order valence-electron chi connectivity index (χ0n) is 46.2. The molecule has 0 radical (unpaired) electrons. The average molecular weight is 1240 g/mol. The summed E-state index contributed by atoms with van der Waals surface area (Å²) in [6, 6.07) is 93.7. The second kappa shape index (κ2) is 20.2. The van der Waals surface area contributed by atoms with Gasteiger partial charge in [0.2, 0.25) is 0 Å². The fourth-order valence-corrected chi connectivity index (χ4v) is 17.9. The normalized spacial score (nSPS) is 13.5. The molecule has 4 heterocycles. The number of pyridine rings is 1. The Morgan fingerprint density at radius 2 is 1.06 bits per heavy atom. The zero-order chi connectivity index (χ0) is 54.3. The molecule has 0 fully saturated rings. The van der Waals surface area contributed by atoms with Crippen molar-refractivity contribution in [2.24, 2.45) is 0 Å². The third-order valence-electron chi connectivity index (χ3n) is 16.4. The number of aromatic nitrogens is 2. The molecule has 12 aromatic rings. The summed E-state index contributed by atoms with van der Waals surface area (Å²) in [5, 5.41) is 7.82. The van der Waals surface area contributed by atoms with Crippen molar-refractivity contribution >= 4 is 73.4 Å². The average Bonchev–Trinajstić information content (AvgIpc) is 3.88. The molecule has 14 rings (SSSR count). The largest absolute Gasteiger partial charge is 0.509 e. The number of benzene rings is 10. The summed E-state index contributed by atoms with van der Waals surface area (Å²) in [5.41, 5.74) is 15.7. The van der Waals surface area contributed by atoms with Crippen molar-refractivity contribution in [3.05, 3.63) is 273 Å². The fourth-order valence-electron chi connectivity index (χ4n) is 12.5. The van der Waals surface area contributed by atoms with E-state index >= 15 is 0 Å². The van der Waals surface area contributed by atoms with Gasteiger partial charge in [-0.15, -0.1) is 48.1 Å². The van der Waals surface area contributed by atoms with E-state index in [0.29, 0.717) is 11.5 Å². The molecule has 398 valence electrons. The van der Waals surface area contributed by atoms with E-state index in [2.05, 4.69) is 305 Å². The maximum atomic E-state index is 6.97. The number of anilines is 4. The number of hydrogen-bond donors (Lipinski definition) is 0. The fraction of sp³-hybridized carbons (Fsp3) is 0.108. The van der Waals surface area contributed by atoms with Gasteiger partial charge in [0.05, 0.1) is 0 Å². The number of hydrogen-bond acceptors (Lipinski definition) is 4. The Morgan fingerprint density at radius 1 is 0.481 bits per heavy atom. The van der Waals surface area contributed by atoms with E-state index in [1.807, 2.05) is 12.3 Å². The van der Waals surface area contributed by atoms with Gasteiger partial charge in [0.1, 0.15) is 5.82 Å². The minimum atomic E-state index is -2.93. The van der Waals surface area contributed by atoms with Gasteiger partial charge in [-0.2, -0.15) is 12.1 Å². The predicted octanol–water partition coefficient (Wildman–Crippen LogP) is 16.3. The molecule has 0 atom stereocenters. The van der Waals surface area contributed by atoms with Gasteiger partial charge >= 0.3 is 0 Å². The van der Waals surface area contributed by atoms with E-state index in [4.69, 9.17) is 9.72 Å². The first-order chi connectivity index (χ1) is 38.9. The molecule has 0 unspecified atom stereocenters. The zero-order valence-corrected chi connectivity index (χ0v) is 49.5. The van der Waals surface area contributed by atoms with Gasteiger partial charge in [-0.1, -0.05) is 223 Å². The Bertz CT molecular complexity index is 4290. The molecule has 7 heteroatoms. The van der Waals surface area contributed by atoms with Crippen LogP contribution in [0.4, 0.5) is 22.7 Å². The van der Waals surface area contributed by atoms with Crippen molar-refractivity contribution in [3.8, 4) is 50.7 Å². The Kier molecular flexibility index (Phi) is 12.9. The van der Waals surface area contributed by atoms with Crippen LogP contribution in [0.25, 0.3) is 61.0 Å². The van der Waals surface area contributed by atoms with Crippen LogP contribution in [0.5, 0.6) is 11.5 Å². The van der Waals surface area contributed by atoms with Crippen LogP contribution < -0.4 is 35.3 Å². The molecule has 0 aliphatic carbocycles. The Hall–Kier alpha value is -8.54. The molecule has 0 saturated heterocycles. The maximum absolute atomic E-state index is 6.97. The van der Waals surface area contributed by atoms with E-state index in [1.165, 1.54) is 48.4 Å². The summed E-state index contributed by atoms with van der Waals surface area (Å²) in [6.07, 6.45) is 1.95. The first-order valence-corrected chi connectivity index (χ1v) is 29.7. The summed E-state index contributed by atoms with van der Waals surface area (Å²) >= 11 is 0. The van der Waals surface area contributed by atoms with E-state index in [1.54, 1.807) is 0 Å². The molecule has 2 aromatic heterocycles. The molecule has 0 amide bonds. The van der Waals surface area contributed by atoms with Gasteiger partial charge < -0.3 is 19.1 Å². The third kappa shape index (κ3) is 8.66. The van der Waals surface area contributed by atoms with Crippen molar-refractivity contribution in [1.29, 1.82) is 0 Å². The number of para-hydroxylation sites is 3. The first kappa shape index (κ1) is 51.9. The van der Waals surface area contributed by atoms with Crippen LogP contribution in [0.15, 0.2) is 243 Å². The summed E-state index contributed by atoms with van der Waals surface area (Å²) in [5.74, 6) is 2.01. The minimum absolute atomic E-state index is 0. The molecule has 5 nitrogen and oxygen atoms in total. The van der Waals surface area contributed by atoms with Crippen LogP contribution in [0.1, 0.15) is 52.7 Å². The Labute approximate surface area is 491 Å². The number of rotatable bonds is 9. The number of fused-ring (bicyclic) bond motifs is 8. The van der Waals surface area contributed by atoms with Crippen molar-refractivity contribution in [1.82, 2.24) is 9.55 Å². The predicted molar refractivity (Wildman–Crippen MR) is 335 cm³/mol. The Balaban J connectivity index is 0.00000618. The van der Waals surface area contributed by atoms with Crippen LogP contribution in [-0.2, 0) is 31.9 Å². The number of nitrogens with zero attached hydrogens (tertiary/aromatic N) is 4. The molecule has 0 spiro atoms. The standard InChI is InChI=1S/C74H59N4OSi.Pt/c1-73(2,3)52-38-36-51(37-39-52)60-32-21-31-59(50-22-10-7-11-23-50)71(60)77-49-76(64-33-17-18-34-65(64)77)54-24-20-25-55(47-54)79-56-40-41-63-67(48-56)78(69-46-53(44-45-75-69)74(4,5)6)66-43-42-62-61-30-16-19-35-68(61)80(72(62)70(63)66,57-26-12-8-13-27-57)58-28-14-9-15-29-58;/h7-46,49H,1-6H3;/q-3;. The van der Waals surface area contributed by atoms with Gasteiger partial charge in [-0.05, 0) is 101 Å². The van der Waals surface area contributed by atoms with Crippen LogP contribution in [0, 0.1) is 18.8 Å². The van der Waals surface area contributed by atoms with Crippen LogP contribution in [-0.4, -0.2) is 17.6 Å². The molecular weight excluding hydrogens is 1180 g/mol. The molecule has 0 N–H and O–H groups in total. The van der Waals surface area contributed by atoms with Gasteiger partial charge in [-0.3, -0.25) is 0 Å². The third-order valence-corrected chi connectivity index (χ3v) is 21.3. The summed E-state index contributed by atoms with van der Waals surface area (Å²) in [4.78, 5) is 9.72. The van der Waals surface area contributed by atoms with Crippen molar-refractivity contribution < 1.29 is 25.8 Å². The van der Waals surface area contributed by atoms with Crippen LogP contribution in [0.3, 0.4) is 0 Å². The van der Waals surface area contributed by atoms with E-state index in [0.717, 1.165) is 67.2 Å². The maximum Gasteiger partial charge on any atom is 0.180 e. The summed E-state index contributed by atoms with van der Waals surface area (Å²) in [7, 11) is -2.93. The smallest absolute Gasteiger partial charge is 0.180 e.